The summed E-state index contributed by atoms with van der Waals surface area (Å²) in [4.78, 5) is 15.2. The summed E-state index contributed by atoms with van der Waals surface area (Å²) in [5, 5.41) is 0. The van der Waals surface area contributed by atoms with Gasteiger partial charge in [-0.2, -0.15) is 0 Å². The zero-order valence-corrected chi connectivity index (χ0v) is 12.1. The van der Waals surface area contributed by atoms with Crippen LogP contribution in [0, 0.1) is 0 Å². The van der Waals surface area contributed by atoms with E-state index < -0.39 is 0 Å². The molecule has 0 bridgehead atoms. The molecular formula is C13H16BrNOS. The highest BCUT2D eigenvalue weighted by Gasteiger charge is 2.19. The molecule has 1 aromatic rings. The van der Waals surface area contributed by atoms with Gasteiger partial charge in [0.05, 0.1) is 5.56 Å². The second-order valence-electron chi connectivity index (χ2n) is 4.37. The number of hydrogen-bond donors (Lipinski definition) is 1. The van der Waals surface area contributed by atoms with Gasteiger partial charge in [0.25, 0.3) is 5.91 Å². The summed E-state index contributed by atoms with van der Waals surface area (Å²) in [6.45, 7) is 1.75. The van der Waals surface area contributed by atoms with E-state index in [0.717, 1.165) is 40.9 Å². The van der Waals surface area contributed by atoms with Crippen LogP contribution in [0.2, 0.25) is 0 Å². The van der Waals surface area contributed by atoms with Crippen LogP contribution in [0.4, 0.5) is 0 Å². The Morgan fingerprint density at radius 2 is 1.82 bits per heavy atom. The van der Waals surface area contributed by atoms with E-state index in [1.165, 1.54) is 12.8 Å². The third kappa shape index (κ3) is 3.26. The molecule has 1 heterocycles. The van der Waals surface area contributed by atoms with Gasteiger partial charge >= 0.3 is 0 Å². The number of nitrogens with zero attached hydrogens (tertiary/aromatic N) is 1. The van der Waals surface area contributed by atoms with E-state index in [1.54, 1.807) is 0 Å². The summed E-state index contributed by atoms with van der Waals surface area (Å²) < 4.78 is 0.851. The number of amides is 1. The molecule has 0 unspecified atom stereocenters. The second kappa shape index (κ2) is 5.91. The smallest absolute Gasteiger partial charge is 0.255 e. The largest absolute Gasteiger partial charge is 0.339 e. The van der Waals surface area contributed by atoms with Crippen molar-refractivity contribution in [3.63, 3.8) is 0 Å². The van der Waals surface area contributed by atoms with Crippen LogP contribution >= 0.6 is 28.6 Å². The molecule has 92 valence electrons. The molecule has 0 radical (unpaired) electrons. The van der Waals surface area contributed by atoms with Gasteiger partial charge in [-0.15, -0.1) is 12.6 Å². The zero-order chi connectivity index (χ0) is 12.3. The molecule has 0 atom stereocenters. The summed E-state index contributed by atoms with van der Waals surface area (Å²) in [5.41, 5.74) is 0.722. The first-order valence-electron chi connectivity index (χ1n) is 5.96. The highest BCUT2D eigenvalue weighted by atomic mass is 79.9. The van der Waals surface area contributed by atoms with Crippen LogP contribution in [0.3, 0.4) is 0 Å². The Hall–Kier alpha value is -0.480. The van der Waals surface area contributed by atoms with Crippen molar-refractivity contribution in [1.29, 1.82) is 0 Å². The highest BCUT2D eigenvalue weighted by Crippen LogP contribution is 2.23. The third-order valence-corrected chi connectivity index (χ3v) is 4.04. The number of rotatable bonds is 1. The van der Waals surface area contributed by atoms with E-state index in [4.69, 9.17) is 0 Å². The van der Waals surface area contributed by atoms with E-state index in [9.17, 15) is 4.79 Å². The Morgan fingerprint density at radius 1 is 1.18 bits per heavy atom. The molecule has 1 aromatic carbocycles. The van der Waals surface area contributed by atoms with E-state index in [0.29, 0.717) is 0 Å². The monoisotopic (exact) mass is 313 g/mol. The van der Waals surface area contributed by atoms with Gasteiger partial charge in [-0.05, 0) is 47.0 Å². The number of halogens is 1. The van der Waals surface area contributed by atoms with Crippen LogP contribution in [-0.2, 0) is 0 Å². The van der Waals surface area contributed by atoms with E-state index in [2.05, 4.69) is 28.6 Å². The minimum absolute atomic E-state index is 0.120. The first-order chi connectivity index (χ1) is 8.18. The van der Waals surface area contributed by atoms with Gasteiger partial charge in [0, 0.05) is 22.5 Å². The lowest BCUT2D eigenvalue weighted by Crippen LogP contribution is -2.32. The molecule has 1 aliphatic heterocycles. The van der Waals surface area contributed by atoms with Crippen molar-refractivity contribution in [2.45, 2.75) is 30.6 Å². The highest BCUT2D eigenvalue weighted by molar-refractivity contribution is 9.10. The maximum Gasteiger partial charge on any atom is 0.255 e. The van der Waals surface area contributed by atoms with E-state index >= 15 is 0 Å². The average Bonchev–Trinajstić information content (AvgIpc) is 2.60. The molecule has 0 saturated carbocycles. The molecule has 1 saturated heterocycles. The lowest BCUT2D eigenvalue weighted by molar-refractivity contribution is 0.0760. The number of hydrogen-bond acceptors (Lipinski definition) is 2. The van der Waals surface area contributed by atoms with Gasteiger partial charge in [-0.1, -0.05) is 12.8 Å². The number of likely N-dealkylation sites (tertiary alicyclic amines) is 1. The van der Waals surface area contributed by atoms with Gasteiger partial charge in [-0.25, -0.2) is 0 Å². The quantitative estimate of drug-likeness (QED) is 0.783. The van der Waals surface area contributed by atoms with Crippen molar-refractivity contribution in [3.8, 4) is 0 Å². The molecule has 2 rings (SSSR count). The molecule has 0 aromatic heterocycles. The fraction of sp³-hybridized carbons (Fsp3) is 0.462. The van der Waals surface area contributed by atoms with E-state index in [-0.39, 0.29) is 5.91 Å². The fourth-order valence-electron chi connectivity index (χ4n) is 2.12. The Bertz CT molecular complexity index is 414. The molecule has 4 heteroatoms. The summed E-state index contributed by atoms with van der Waals surface area (Å²) >= 11 is 7.73. The molecule has 17 heavy (non-hydrogen) atoms. The Morgan fingerprint density at radius 3 is 2.47 bits per heavy atom. The van der Waals surface area contributed by atoms with Crippen molar-refractivity contribution in [3.05, 3.63) is 28.2 Å². The van der Waals surface area contributed by atoms with Crippen LogP contribution in [0.5, 0.6) is 0 Å². The molecule has 0 N–H and O–H groups in total. The second-order valence-corrected chi connectivity index (χ2v) is 5.74. The number of thiol groups is 1. The van der Waals surface area contributed by atoms with Crippen molar-refractivity contribution >= 4 is 34.5 Å². The normalized spacial score (nSPS) is 16.7. The third-order valence-electron chi connectivity index (χ3n) is 3.07. The maximum atomic E-state index is 12.4. The van der Waals surface area contributed by atoms with Gasteiger partial charge < -0.3 is 4.90 Å². The van der Waals surface area contributed by atoms with Crippen molar-refractivity contribution in [2.75, 3.05) is 13.1 Å². The summed E-state index contributed by atoms with van der Waals surface area (Å²) in [5.74, 6) is 0.120. The van der Waals surface area contributed by atoms with Crippen LogP contribution in [-0.4, -0.2) is 23.9 Å². The van der Waals surface area contributed by atoms with Gasteiger partial charge in [-0.3, -0.25) is 4.79 Å². The van der Waals surface area contributed by atoms with Crippen LogP contribution in [0.15, 0.2) is 27.6 Å². The summed E-state index contributed by atoms with van der Waals surface area (Å²) in [6.07, 6.45) is 4.70. The number of benzene rings is 1. The van der Waals surface area contributed by atoms with Crippen LogP contribution in [0.1, 0.15) is 36.0 Å². The number of carbonyl (C=O) groups is 1. The lowest BCUT2D eigenvalue weighted by atomic mass is 10.2. The summed E-state index contributed by atoms with van der Waals surface area (Å²) in [7, 11) is 0. The van der Waals surface area contributed by atoms with E-state index in [1.807, 2.05) is 23.1 Å². The first-order valence-corrected chi connectivity index (χ1v) is 7.20. The van der Waals surface area contributed by atoms with Crippen LogP contribution < -0.4 is 0 Å². The Balaban J connectivity index is 2.20. The minimum atomic E-state index is 0.120. The van der Waals surface area contributed by atoms with Gasteiger partial charge in [0.2, 0.25) is 0 Å². The predicted octanol–water partition coefficient (Wildman–Crippen LogP) is 3.75. The van der Waals surface area contributed by atoms with Crippen LogP contribution in [0.25, 0.3) is 0 Å². The number of carbonyl (C=O) groups excluding carboxylic acids is 1. The molecule has 2 nitrogen and oxygen atoms in total. The standard InChI is InChI=1S/C13H16BrNOS/c14-12-6-5-10(17)9-11(12)13(16)15-7-3-1-2-4-8-15/h5-6,9,17H,1-4,7-8H2. The average molecular weight is 314 g/mol. The SMILES string of the molecule is O=C(c1cc(S)ccc1Br)N1CCCCCC1. The molecule has 0 spiro atoms. The maximum absolute atomic E-state index is 12.4. The molecule has 1 fully saturated rings. The Kier molecular flexibility index (Phi) is 4.51. The van der Waals surface area contributed by atoms with Crippen molar-refractivity contribution in [1.82, 2.24) is 4.90 Å². The zero-order valence-electron chi connectivity index (χ0n) is 9.66. The van der Waals surface area contributed by atoms with Crippen molar-refractivity contribution in [2.24, 2.45) is 0 Å². The minimum Gasteiger partial charge on any atom is -0.339 e. The fourth-order valence-corrected chi connectivity index (χ4v) is 2.74. The summed E-state index contributed by atoms with van der Waals surface area (Å²) in [6, 6.07) is 5.60. The Labute approximate surface area is 116 Å². The van der Waals surface area contributed by atoms with Gasteiger partial charge in [0.15, 0.2) is 0 Å². The predicted molar refractivity (Wildman–Crippen MR) is 75.8 cm³/mol. The first kappa shape index (κ1) is 13.0. The molecule has 1 aliphatic rings. The van der Waals surface area contributed by atoms with Gasteiger partial charge in [0.1, 0.15) is 0 Å². The molecule has 0 aliphatic carbocycles. The molecular weight excluding hydrogens is 298 g/mol. The lowest BCUT2D eigenvalue weighted by Gasteiger charge is -2.21. The topological polar surface area (TPSA) is 20.3 Å². The van der Waals surface area contributed by atoms with Crippen molar-refractivity contribution < 1.29 is 4.79 Å². The molecule has 1 amide bonds.